The molecule has 1 heterocycles. The van der Waals surface area contributed by atoms with Gasteiger partial charge in [0.15, 0.2) is 0 Å². The Bertz CT molecular complexity index is 382. The summed E-state index contributed by atoms with van der Waals surface area (Å²) in [4.78, 5) is 2.33. The Kier molecular flexibility index (Phi) is 4.83. The predicted molar refractivity (Wildman–Crippen MR) is 80.6 cm³/mol. The summed E-state index contributed by atoms with van der Waals surface area (Å²) in [5.74, 6) is 0. The van der Waals surface area contributed by atoms with Crippen LogP contribution < -0.4 is 10.6 Å². The lowest BCUT2D eigenvalue weighted by molar-refractivity contribution is 0.0229. The average molecular weight is 262 g/mol. The Hall–Kier alpha value is -1.06. The molecular formula is C16H26N2O. The van der Waals surface area contributed by atoms with Crippen molar-refractivity contribution in [3.63, 3.8) is 0 Å². The fourth-order valence-corrected chi connectivity index (χ4v) is 2.81. The van der Waals surface area contributed by atoms with Crippen LogP contribution in [0.1, 0.15) is 25.3 Å². The highest BCUT2D eigenvalue weighted by molar-refractivity contribution is 5.47. The van der Waals surface area contributed by atoms with Gasteiger partial charge in [-0.3, -0.25) is 0 Å². The third-order valence-electron chi connectivity index (χ3n) is 4.34. The topological polar surface area (TPSA) is 38.5 Å². The summed E-state index contributed by atoms with van der Waals surface area (Å²) in [5, 5.41) is 0. The summed E-state index contributed by atoms with van der Waals surface area (Å²) >= 11 is 0. The molecule has 0 bridgehead atoms. The number of rotatable bonds is 5. The molecule has 1 fully saturated rings. The van der Waals surface area contributed by atoms with Crippen molar-refractivity contribution in [2.45, 2.75) is 26.2 Å². The molecule has 0 radical (unpaired) electrons. The maximum absolute atomic E-state index is 6.03. The molecule has 1 aromatic carbocycles. The minimum Gasteiger partial charge on any atom is -0.381 e. The number of anilines is 1. The molecule has 19 heavy (non-hydrogen) atoms. The van der Waals surface area contributed by atoms with Crippen molar-refractivity contribution in [2.24, 2.45) is 11.1 Å². The van der Waals surface area contributed by atoms with Crippen LogP contribution in [0.25, 0.3) is 0 Å². The lowest BCUT2D eigenvalue weighted by Gasteiger charge is -2.39. The van der Waals surface area contributed by atoms with Crippen molar-refractivity contribution in [2.75, 3.05) is 38.3 Å². The third-order valence-corrected chi connectivity index (χ3v) is 4.34. The molecule has 0 unspecified atom stereocenters. The van der Waals surface area contributed by atoms with Crippen LogP contribution in [0.15, 0.2) is 24.3 Å². The molecule has 1 aromatic rings. The largest absolute Gasteiger partial charge is 0.381 e. The minimum atomic E-state index is 0.219. The summed E-state index contributed by atoms with van der Waals surface area (Å²) < 4.78 is 5.47. The first kappa shape index (κ1) is 14.4. The molecule has 1 aliphatic heterocycles. The van der Waals surface area contributed by atoms with Crippen molar-refractivity contribution in [1.29, 1.82) is 0 Å². The Balaban J connectivity index is 2.03. The molecule has 0 amide bonds. The maximum atomic E-state index is 6.03. The second-order valence-corrected chi connectivity index (χ2v) is 5.69. The zero-order chi connectivity index (χ0) is 13.7. The number of ether oxygens (including phenoxy) is 1. The highest BCUT2D eigenvalue weighted by Gasteiger charge is 2.32. The molecule has 0 spiro atoms. The third kappa shape index (κ3) is 3.48. The van der Waals surface area contributed by atoms with Gasteiger partial charge in [-0.1, -0.05) is 19.1 Å². The van der Waals surface area contributed by atoms with E-state index in [0.29, 0.717) is 0 Å². The fraction of sp³-hybridized carbons (Fsp3) is 0.625. The Morgan fingerprint density at radius 2 is 1.84 bits per heavy atom. The van der Waals surface area contributed by atoms with Gasteiger partial charge in [-0.2, -0.15) is 0 Å². The Morgan fingerprint density at radius 3 is 2.37 bits per heavy atom. The normalized spacial score (nSPS) is 18.3. The lowest BCUT2D eigenvalue weighted by atomic mass is 9.80. The van der Waals surface area contributed by atoms with E-state index in [4.69, 9.17) is 10.5 Å². The van der Waals surface area contributed by atoms with Crippen LogP contribution in [0.3, 0.4) is 0 Å². The van der Waals surface area contributed by atoms with E-state index >= 15 is 0 Å². The van der Waals surface area contributed by atoms with E-state index in [0.717, 1.165) is 45.6 Å². The van der Waals surface area contributed by atoms with Crippen molar-refractivity contribution in [3.05, 3.63) is 29.8 Å². The quantitative estimate of drug-likeness (QED) is 0.886. The van der Waals surface area contributed by atoms with Crippen LogP contribution in [0.5, 0.6) is 0 Å². The SMILES string of the molecule is CCc1ccc(N(C)CC2(CN)CCOCC2)cc1. The summed E-state index contributed by atoms with van der Waals surface area (Å²) in [7, 11) is 2.16. The van der Waals surface area contributed by atoms with Crippen LogP contribution >= 0.6 is 0 Å². The standard InChI is InChI=1S/C16H26N2O/c1-3-14-4-6-15(7-5-14)18(2)13-16(12-17)8-10-19-11-9-16/h4-7H,3,8-13,17H2,1-2H3. The zero-order valence-electron chi connectivity index (χ0n) is 12.2. The monoisotopic (exact) mass is 262 g/mol. The van der Waals surface area contributed by atoms with E-state index in [1.165, 1.54) is 11.3 Å². The second kappa shape index (κ2) is 6.40. The van der Waals surface area contributed by atoms with Crippen LogP contribution in [-0.2, 0) is 11.2 Å². The summed E-state index contributed by atoms with van der Waals surface area (Å²) in [5.41, 5.74) is 8.91. The summed E-state index contributed by atoms with van der Waals surface area (Å²) in [6.07, 6.45) is 3.23. The van der Waals surface area contributed by atoms with Gasteiger partial charge in [0, 0.05) is 37.9 Å². The number of hydrogen-bond donors (Lipinski definition) is 1. The van der Waals surface area contributed by atoms with Crippen molar-refractivity contribution < 1.29 is 4.74 Å². The molecule has 0 aromatic heterocycles. The van der Waals surface area contributed by atoms with Gasteiger partial charge in [-0.25, -0.2) is 0 Å². The molecule has 106 valence electrons. The first-order valence-electron chi connectivity index (χ1n) is 7.27. The molecular weight excluding hydrogens is 236 g/mol. The van der Waals surface area contributed by atoms with Crippen LogP contribution in [-0.4, -0.2) is 33.4 Å². The van der Waals surface area contributed by atoms with Crippen LogP contribution in [0.2, 0.25) is 0 Å². The molecule has 0 saturated carbocycles. The number of nitrogens with zero attached hydrogens (tertiary/aromatic N) is 1. The Labute approximate surface area is 116 Å². The Morgan fingerprint density at radius 1 is 1.21 bits per heavy atom. The zero-order valence-corrected chi connectivity index (χ0v) is 12.2. The highest BCUT2D eigenvalue weighted by atomic mass is 16.5. The highest BCUT2D eigenvalue weighted by Crippen LogP contribution is 2.31. The van der Waals surface area contributed by atoms with Gasteiger partial charge in [-0.15, -0.1) is 0 Å². The van der Waals surface area contributed by atoms with Gasteiger partial charge in [0.25, 0.3) is 0 Å². The molecule has 1 aliphatic rings. The van der Waals surface area contributed by atoms with Crippen LogP contribution in [0.4, 0.5) is 5.69 Å². The number of hydrogen-bond acceptors (Lipinski definition) is 3. The molecule has 3 nitrogen and oxygen atoms in total. The summed E-state index contributed by atoms with van der Waals surface area (Å²) in [6.45, 7) is 5.63. The van der Waals surface area contributed by atoms with Gasteiger partial charge in [0.2, 0.25) is 0 Å². The van der Waals surface area contributed by atoms with Gasteiger partial charge in [-0.05, 0) is 43.5 Å². The van der Waals surface area contributed by atoms with Crippen LogP contribution in [0, 0.1) is 5.41 Å². The molecule has 0 aliphatic carbocycles. The van der Waals surface area contributed by atoms with Gasteiger partial charge in [0.1, 0.15) is 0 Å². The van der Waals surface area contributed by atoms with Crippen molar-refractivity contribution >= 4 is 5.69 Å². The lowest BCUT2D eigenvalue weighted by Crippen LogP contribution is -2.45. The van der Waals surface area contributed by atoms with E-state index in [1.807, 2.05) is 0 Å². The summed E-state index contributed by atoms with van der Waals surface area (Å²) in [6, 6.07) is 8.85. The maximum Gasteiger partial charge on any atom is 0.0472 e. The van der Waals surface area contributed by atoms with Gasteiger partial charge >= 0.3 is 0 Å². The van der Waals surface area contributed by atoms with Gasteiger partial charge < -0.3 is 15.4 Å². The van der Waals surface area contributed by atoms with E-state index in [-0.39, 0.29) is 5.41 Å². The van der Waals surface area contributed by atoms with E-state index in [9.17, 15) is 0 Å². The van der Waals surface area contributed by atoms with Crippen molar-refractivity contribution in [1.82, 2.24) is 0 Å². The molecule has 2 rings (SSSR count). The molecule has 1 saturated heterocycles. The second-order valence-electron chi connectivity index (χ2n) is 5.69. The minimum absolute atomic E-state index is 0.219. The number of benzene rings is 1. The fourth-order valence-electron chi connectivity index (χ4n) is 2.81. The number of nitrogens with two attached hydrogens (primary N) is 1. The van der Waals surface area contributed by atoms with E-state index < -0.39 is 0 Å². The molecule has 2 N–H and O–H groups in total. The molecule has 3 heteroatoms. The van der Waals surface area contributed by atoms with E-state index in [2.05, 4.69) is 43.1 Å². The average Bonchev–Trinajstić information content (AvgIpc) is 2.48. The first-order valence-corrected chi connectivity index (χ1v) is 7.27. The van der Waals surface area contributed by atoms with Gasteiger partial charge in [0.05, 0.1) is 0 Å². The smallest absolute Gasteiger partial charge is 0.0472 e. The van der Waals surface area contributed by atoms with E-state index in [1.54, 1.807) is 0 Å². The van der Waals surface area contributed by atoms with Crippen molar-refractivity contribution in [3.8, 4) is 0 Å². The number of aryl methyl sites for hydroxylation is 1. The predicted octanol–water partition coefficient (Wildman–Crippen LogP) is 2.44. The molecule has 0 atom stereocenters. The first-order chi connectivity index (χ1) is 9.19.